The zero-order chi connectivity index (χ0) is 14.2. The third-order valence-corrected chi connectivity index (χ3v) is 5.80. The summed E-state index contributed by atoms with van der Waals surface area (Å²) in [6.45, 7) is 14.1. The zero-order valence-electron chi connectivity index (χ0n) is 13.6. The summed E-state index contributed by atoms with van der Waals surface area (Å²) in [5, 5.41) is 0. The van der Waals surface area contributed by atoms with E-state index in [4.69, 9.17) is 4.43 Å². The Balaban J connectivity index is 2.39. The first kappa shape index (κ1) is 14.9. The second kappa shape index (κ2) is 5.47. The van der Waals surface area contributed by atoms with E-state index in [-0.39, 0.29) is 5.41 Å². The maximum Gasteiger partial charge on any atom is 0.229 e. The summed E-state index contributed by atoms with van der Waals surface area (Å²) < 4.78 is 6.39. The van der Waals surface area contributed by atoms with Crippen molar-refractivity contribution in [2.45, 2.75) is 72.9 Å². The summed E-state index contributed by atoms with van der Waals surface area (Å²) >= 11 is 0. The van der Waals surface area contributed by atoms with Crippen LogP contribution in [0.3, 0.4) is 0 Å². The molecule has 0 aromatic carbocycles. The van der Waals surface area contributed by atoms with E-state index >= 15 is 0 Å². The molecular weight excluding hydrogens is 248 g/mol. The highest BCUT2D eigenvalue weighted by Crippen LogP contribution is 2.50. The van der Waals surface area contributed by atoms with Crippen LogP contribution in [0.25, 0.3) is 0 Å². The summed E-state index contributed by atoms with van der Waals surface area (Å²) in [6.07, 6.45) is 6.47. The van der Waals surface area contributed by atoms with Crippen molar-refractivity contribution in [2.75, 3.05) is 0 Å². The highest BCUT2D eigenvalue weighted by molar-refractivity contribution is 6.48. The zero-order valence-corrected chi connectivity index (χ0v) is 14.8. The molecule has 0 N–H and O–H groups in total. The molecule has 0 bridgehead atoms. The van der Waals surface area contributed by atoms with Gasteiger partial charge in [-0.05, 0) is 67.7 Å². The lowest BCUT2D eigenvalue weighted by molar-refractivity contribution is 0.289. The number of hydrogen-bond donors (Lipinski definition) is 0. The van der Waals surface area contributed by atoms with Crippen molar-refractivity contribution in [1.82, 2.24) is 0 Å². The third-order valence-electron chi connectivity index (χ3n) is 5.10. The molecule has 19 heavy (non-hydrogen) atoms. The monoisotopic (exact) mass is 278 g/mol. The predicted octanol–water partition coefficient (Wildman–Crippen LogP) is 5.20. The molecule has 0 aromatic heterocycles. The largest absolute Gasteiger partial charge is 0.547 e. The minimum absolute atomic E-state index is 0.260. The summed E-state index contributed by atoms with van der Waals surface area (Å²) in [7, 11) is -1.02. The number of allylic oxidation sites excluding steroid dienone is 3. The molecule has 108 valence electrons. The first-order valence-corrected chi connectivity index (χ1v) is 10.7. The van der Waals surface area contributed by atoms with Gasteiger partial charge >= 0.3 is 0 Å². The van der Waals surface area contributed by atoms with Crippen molar-refractivity contribution < 1.29 is 4.43 Å². The average molecular weight is 279 g/mol. The van der Waals surface area contributed by atoms with Crippen molar-refractivity contribution in [3.63, 3.8) is 0 Å². The topological polar surface area (TPSA) is 9.23 Å². The van der Waals surface area contributed by atoms with E-state index in [2.05, 4.69) is 40.8 Å². The molecule has 2 heteroatoms. The summed E-state index contributed by atoms with van der Waals surface area (Å²) in [5.41, 5.74) is 5.14. The second-order valence-electron chi connectivity index (χ2n) is 7.32. The molecule has 0 unspecified atom stereocenters. The van der Waals surface area contributed by atoms with Gasteiger partial charge in [-0.2, -0.15) is 0 Å². The Morgan fingerprint density at radius 2 is 1.74 bits per heavy atom. The minimum atomic E-state index is -1.02. The van der Waals surface area contributed by atoms with Crippen molar-refractivity contribution in [1.29, 1.82) is 0 Å². The van der Waals surface area contributed by atoms with Gasteiger partial charge in [-0.3, -0.25) is 0 Å². The fraction of sp³-hybridized carbons (Fsp3) is 0.765. The van der Waals surface area contributed by atoms with Gasteiger partial charge in [0, 0.05) is 0 Å². The molecular formula is C17H30OSi. The van der Waals surface area contributed by atoms with E-state index in [1.807, 2.05) is 0 Å². The molecule has 2 aliphatic rings. The van der Waals surface area contributed by atoms with Crippen LogP contribution in [-0.4, -0.2) is 9.04 Å². The van der Waals surface area contributed by atoms with Crippen LogP contribution in [0.1, 0.15) is 59.8 Å². The quantitative estimate of drug-likeness (QED) is 0.642. The molecule has 0 spiro atoms. The van der Waals surface area contributed by atoms with Crippen LogP contribution in [0.5, 0.6) is 0 Å². The lowest BCUT2D eigenvalue weighted by atomic mass is 9.73. The van der Waals surface area contributed by atoms with Gasteiger partial charge in [-0.15, -0.1) is 0 Å². The highest BCUT2D eigenvalue weighted by atomic mass is 28.3. The van der Waals surface area contributed by atoms with E-state index in [0.29, 0.717) is 5.92 Å². The minimum Gasteiger partial charge on any atom is -0.547 e. The van der Waals surface area contributed by atoms with Crippen molar-refractivity contribution in [3.8, 4) is 0 Å². The Kier molecular flexibility index (Phi) is 4.29. The Hall–Kier alpha value is -0.503. The molecule has 2 rings (SSSR count). The van der Waals surface area contributed by atoms with E-state index in [9.17, 15) is 0 Å². The lowest BCUT2D eigenvalue weighted by Crippen LogP contribution is -2.24. The predicted molar refractivity (Wildman–Crippen MR) is 85.7 cm³/mol. The Morgan fingerprint density at radius 1 is 1.11 bits per heavy atom. The van der Waals surface area contributed by atoms with Crippen LogP contribution in [0, 0.1) is 11.3 Å². The maximum absolute atomic E-state index is 6.39. The molecule has 0 atom stereocenters. The fourth-order valence-electron chi connectivity index (χ4n) is 3.16. The molecule has 0 fully saturated rings. The maximum atomic E-state index is 6.39. The van der Waals surface area contributed by atoms with Crippen LogP contribution in [-0.2, 0) is 4.43 Å². The van der Waals surface area contributed by atoms with E-state index in [1.165, 1.54) is 37.9 Å². The first-order valence-electron chi connectivity index (χ1n) is 7.95. The average Bonchev–Trinajstić information content (AvgIpc) is 2.68. The normalized spacial score (nSPS) is 20.6. The van der Waals surface area contributed by atoms with Gasteiger partial charge in [0.25, 0.3) is 0 Å². The number of hydrogen-bond acceptors (Lipinski definition) is 1. The van der Waals surface area contributed by atoms with Crippen LogP contribution < -0.4 is 0 Å². The second-order valence-corrected chi connectivity index (χ2v) is 9.65. The molecule has 0 aromatic rings. The van der Waals surface area contributed by atoms with Crippen LogP contribution in [0.2, 0.25) is 13.1 Å². The number of rotatable bonds is 4. The molecule has 0 aliphatic heterocycles. The first-order chi connectivity index (χ1) is 8.84. The van der Waals surface area contributed by atoms with Gasteiger partial charge in [0.2, 0.25) is 9.04 Å². The SMILES string of the molecule is CC(C)C(C)(C)C1=C(O[SiH](C)C)C2=C(CCCC2)C1. The van der Waals surface area contributed by atoms with Gasteiger partial charge in [0.1, 0.15) is 5.76 Å². The van der Waals surface area contributed by atoms with Gasteiger partial charge in [-0.25, -0.2) is 0 Å². The summed E-state index contributed by atoms with van der Waals surface area (Å²) in [4.78, 5) is 0. The Bertz CT molecular complexity index is 413. The van der Waals surface area contributed by atoms with Gasteiger partial charge < -0.3 is 4.43 Å². The molecule has 0 radical (unpaired) electrons. The van der Waals surface area contributed by atoms with E-state index in [1.54, 1.807) is 16.7 Å². The molecule has 0 saturated heterocycles. The summed E-state index contributed by atoms with van der Waals surface area (Å²) in [5.74, 6) is 1.99. The van der Waals surface area contributed by atoms with E-state index in [0.717, 1.165) is 0 Å². The lowest BCUT2D eigenvalue weighted by Gasteiger charge is -2.33. The van der Waals surface area contributed by atoms with Gasteiger partial charge in [-0.1, -0.05) is 33.3 Å². The van der Waals surface area contributed by atoms with Crippen molar-refractivity contribution >= 4 is 9.04 Å². The van der Waals surface area contributed by atoms with E-state index < -0.39 is 9.04 Å². The van der Waals surface area contributed by atoms with Crippen LogP contribution >= 0.6 is 0 Å². The van der Waals surface area contributed by atoms with Gasteiger partial charge in [0.05, 0.1) is 0 Å². The molecule has 1 nitrogen and oxygen atoms in total. The van der Waals surface area contributed by atoms with Gasteiger partial charge in [0.15, 0.2) is 0 Å². The van der Waals surface area contributed by atoms with Crippen LogP contribution in [0.15, 0.2) is 22.5 Å². The Morgan fingerprint density at radius 3 is 2.32 bits per heavy atom. The highest BCUT2D eigenvalue weighted by Gasteiger charge is 2.37. The summed E-state index contributed by atoms with van der Waals surface area (Å²) in [6, 6.07) is 0. The van der Waals surface area contributed by atoms with Crippen LogP contribution in [0.4, 0.5) is 0 Å². The van der Waals surface area contributed by atoms with Crippen molar-refractivity contribution in [3.05, 3.63) is 22.5 Å². The molecule has 0 heterocycles. The molecule has 2 aliphatic carbocycles. The third kappa shape index (κ3) is 2.84. The molecule has 0 saturated carbocycles. The Labute approximate surface area is 120 Å². The molecule has 0 amide bonds. The smallest absolute Gasteiger partial charge is 0.229 e. The van der Waals surface area contributed by atoms with Crippen molar-refractivity contribution in [2.24, 2.45) is 11.3 Å². The standard InChI is InChI=1S/C17H30OSi/c1-12(2)17(3,4)15-11-13-9-7-8-10-14(13)16(15)18-19(5)6/h12,19H,7-11H2,1-6H3. The fourth-order valence-corrected chi connectivity index (χ4v) is 3.92.